The Bertz CT molecular complexity index is 461. The van der Waals surface area contributed by atoms with Gasteiger partial charge in [-0.05, 0) is 12.3 Å². The second-order valence-corrected chi connectivity index (χ2v) is 7.65. The Morgan fingerprint density at radius 1 is 1.30 bits per heavy atom. The summed E-state index contributed by atoms with van der Waals surface area (Å²) in [6.45, 7) is 5.71. The van der Waals surface area contributed by atoms with Crippen molar-refractivity contribution in [1.82, 2.24) is 10.2 Å². The molecule has 2 amide bonds. The number of carbonyl (C=O) groups is 2. The SMILES string of the molecule is CCCS(=O)(=O)CCN1CC(=O)NC(C(C)CC)C1=O. The van der Waals surface area contributed by atoms with Crippen molar-refractivity contribution in [3.8, 4) is 0 Å². The molecule has 0 aromatic heterocycles. The lowest BCUT2D eigenvalue weighted by atomic mass is 9.96. The lowest BCUT2D eigenvalue weighted by Crippen LogP contribution is -2.60. The van der Waals surface area contributed by atoms with E-state index in [1.165, 1.54) is 4.90 Å². The predicted molar refractivity (Wildman–Crippen MR) is 76.9 cm³/mol. The van der Waals surface area contributed by atoms with Crippen LogP contribution in [0.15, 0.2) is 0 Å². The van der Waals surface area contributed by atoms with Gasteiger partial charge in [0.15, 0.2) is 9.84 Å². The van der Waals surface area contributed by atoms with Crippen molar-refractivity contribution in [1.29, 1.82) is 0 Å². The minimum Gasteiger partial charge on any atom is -0.342 e. The number of nitrogens with zero attached hydrogens (tertiary/aromatic N) is 1. The van der Waals surface area contributed by atoms with Gasteiger partial charge in [-0.25, -0.2) is 8.42 Å². The molecule has 2 atom stereocenters. The first kappa shape index (κ1) is 16.9. The average Bonchev–Trinajstić information content (AvgIpc) is 2.38. The van der Waals surface area contributed by atoms with Gasteiger partial charge in [-0.15, -0.1) is 0 Å². The Hall–Kier alpha value is -1.11. The highest BCUT2D eigenvalue weighted by molar-refractivity contribution is 7.91. The molecule has 1 saturated heterocycles. The van der Waals surface area contributed by atoms with Crippen LogP contribution in [0.2, 0.25) is 0 Å². The van der Waals surface area contributed by atoms with Crippen molar-refractivity contribution in [2.75, 3.05) is 24.6 Å². The maximum absolute atomic E-state index is 12.3. The Labute approximate surface area is 120 Å². The van der Waals surface area contributed by atoms with E-state index in [9.17, 15) is 18.0 Å². The van der Waals surface area contributed by atoms with Crippen LogP contribution < -0.4 is 5.32 Å². The van der Waals surface area contributed by atoms with Gasteiger partial charge >= 0.3 is 0 Å². The van der Waals surface area contributed by atoms with Crippen molar-refractivity contribution in [2.45, 2.75) is 39.7 Å². The van der Waals surface area contributed by atoms with Crippen LogP contribution in [0.4, 0.5) is 0 Å². The van der Waals surface area contributed by atoms with Crippen molar-refractivity contribution in [2.24, 2.45) is 5.92 Å². The van der Waals surface area contributed by atoms with Crippen LogP contribution in [0.1, 0.15) is 33.6 Å². The van der Waals surface area contributed by atoms with Crippen LogP contribution in [0, 0.1) is 5.92 Å². The van der Waals surface area contributed by atoms with E-state index in [1.54, 1.807) is 6.92 Å². The third kappa shape index (κ3) is 4.47. The monoisotopic (exact) mass is 304 g/mol. The van der Waals surface area contributed by atoms with Crippen LogP contribution >= 0.6 is 0 Å². The minimum absolute atomic E-state index is 0.0431. The molecule has 0 spiro atoms. The van der Waals surface area contributed by atoms with Gasteiger partial charge in [0, 0.05) is 12.3 Å². The molecule has 1 fully saturated rings. The van der Waals surface area contributed by atoms with Gasteiger partial charge in [0.05, 0.1) is 12.3 Å². The molecule has 6 nitrogen and oxygen atoms in total. The molecular formula is C13H24N2O4S. The highest BCUT2D eigenvalue weighted by atomic mass is 32.2. The Morgan fingerprint density at radius 2 is 1.95 bits per heavy atom. The summed E-state index contributed by atoms with van der Waals surface area (Å²) >= 11 is 0. The molecule has 0 aromatic carbocycles. The summed E-state index contributed by atoms with van der Waals surface area (Å²) in [5.74, 6) is -0.307. The molecule has 1 rings (SSSR count). The topological polar surface area (TPSA) is 83.6 Å². The van der Waals surface area contributed by atoms with Crippen LogP contribution in [-0.4, -0.2) is 55.8 Å². The van der Waals surface area contributed by atoms with Crippen molar-refractivity contribution in [3.63, 3.8) is 0 Å². The molecule has 0 radical (unpaired) electrons. The third-order valence-corrected chi connectivity index (χ3v) is 5.46. The zero-order valence-electron chi connectivity index (χ0n) is 12.4. The standard InChI is InChI=1S/C13H24N2O4S/c1-4-7-20(18,19)8-6-15-9-11(16)14-12(13(15)17)10(3)5-2/h10,12H,4-9H2,1-3H3,(H,14,16). The Morgan fingerprint density at radius 3 is 2.50 bits per heavy atom. The zero-order valence-corrected chi connectivity index (χ0v) is 13.2. The fraction of sp³-hybridized carbons (Fsp3) is 0.846. The van der Waals surface area contributed by atoms with Crippen molar-refractivity contribution < 1.29 is 18.0 Å². The van der Waals surface area contributed by atoms with Crippen LogP contribution in [0.25, 0.3) is 0 Å². The summed E-state index contributed by atoms with van der Waals surface area (Å²) in [6.07, 6.45) is 1.34. The number of hydrogen-bond donors (Lipinski definition) is 1. The molecule has 116 valence electrons. The van der Waals surface area contributed by atoms with Crippen LogP contribution in [0.3, 0.4) is 0 Å². The number of amides is 2. The van der Waals surface area contributed by atoms with Gasteiger partial charge in [-0.3, -0.25) is 9.59 Å². The van der Waals surface area contributed by atoms with Crippen LogP contribution in [-0.2, 0) is 19.4 Å². The quantitative estimate of drug-likeness (QED) is 0.727. The molecular weight excluding hydrogens is 280 g/mol. The molecule has 1 aliphatic rings. The first-order valence-electron chi connectivity index (χ1n) is 7.09. The van der Waals surface area contributed by atoms with Gasteiger partial charge in [0.2, 0.25) is 11.8 Å². The highest BCUT2D eigenvalue weighted by Gasteiger charge is 2.35. The first-order chi connectivity index (χ1) is 9.30. The molecule has 1 heterocycles. The number of sulfone groups is 1. The van der Waals surface area contributed by atoms with Crippen molar-refractivity contribution in [3.05, 3.63) is 0 Å². The van der Waals surface area contributed by atoms with E-state index in [1.807, 2.05) is 13.8 Å². The summed E-state index contributed by atoms with van der Waals surface area (Å²) in [7, 11) is -3.14. The van der Waals surface area contributed by atoms with E-state index in [-0.39, 0.29) is 42.3 Å². The summed E-state index contributed by atoms with van der Waals surface area (Å²) in [5, 5.41) is 2.69. The van der Waals surface area contributed by atoms with E-state index < -0.39 is 15.9 Å². The number of piperazine rings is 1. The summed E-state index contributed by atoms with van der Waals surface area (Å²) in [4.78, 5) is 25.3. The fourth-order valence-corrected chi connectivity index (χ4v) is 3.53. The third-order valence-electron chi connectivity index (χ3n) is 3.63. The Balaban J connectivity index is 2.69. The molecule has 0 aliphatic carbocycles. The molecule has 1 aliphatic heterocycles. The largest absolute Gasteiger partial charge is 0.342 e. The van der Waals surface area contributed by atoms with Gasteiger partial charge < -0.3 is 10.2 Å². The minimum atomic E-state index is -3.14. The van der Waals surface area contributed by atoms with Crippen LogP contribution in [0.5, 0.6) is 0 Å². The fourth-order valence-electron chi connectivity index (χ4n) is 2.20. The molecule has 7 heteroatoms. The van der Waals surface area contributed by atoms with E-state index >= 15 is 0 Å². The van der Waals surface area contributed by atoms with Gasteiger partial charge in [-0.1, -0.05) is 27.2 Å². The van der Waals surface area contributed by atoms with E-state index in [0.717, 1.165) is 6.42 Å². The number of hydrogen-bond acceptors (Lipinski definition) is 4. The molecule has 1 N–H and O–H groups in total. The molecule has 0 aromatic rings. The number of rotatable bonds is 7. The van der Waals surface area contributed by atoms with E-state index in [4.69, 9.17) is 0 Å². The Kier molecular flexibility index (Phi) is 5.98. The van der Waals surface area contributed by atoms with Gasteiger partial charge in [-0.2, -0.15) is 0 Å². The second-order valence-electron chi connectivity index (χ2n) is 5.34. The van der Waals surface area contributed by atoms with E-state index in [0.29, 0.717) is 6.42 Å². The number of nitrogens with one attached hydrogen (secondary N) is 1. The zero-order chi connectivity index (χ0) is 15.3. The molecule has 0 bridgehead atoms. The normalized spacial score (nSPS) is 21.8. The lowest BCUT2D eigenvalue weighted by molar-refractivity contribution is -0.145. The summed E-state index contributed by atoms with van der Waals surface area (Å²) < 4.78 is 23.4. The smallest absolute Gasteiger partial charge is 0.245 e. The van der Waals surface area contributed by atoms with Gasteiger partial charge in [0.25, 0.3) is 0 Å². The average molecular weight is 304 g/mol. The molecule has 0 saturated carbocycles. The first-order valence-corrected chi connectivity index (χ1v) is 8.91. The molecule has 20 heavy (non-hydrogen) atoms. The maximum atomic E-state index is 12.3. The van der Waals surface area contributed by atoms with Crippen molar-refractivity contribution >= 4 is 21.7 Å². The predicted octanol–water partition coefficient (Wildman–Crippen LogP) is 0.184. The highest BCUT2D eigenvalue weighted by Crippen LogP contribution is 2.14. The van der Waals surface area contributed by atoms with Gasteiger partial charge in [0.1, 0.15) is 6.04 Å². The molecule has 2 unspecified atom stereocenters. The number of carbonyl (C=O) groups excluding carboxylic acids is 2. The van der Waals surface area contributed by atoms with E-state index in [2.05, 4.69) is 5.32 Å². The second kappa shape index (κ2) is 7.06. The maximum Gasteiger partial charge on any atom is 0.245 e. The summed E-state index contributed by atoms with van der Waals surface area (Å²) in [6, 6.07) is -0.532. The summed E-state index contributed by atoms with van der Waals surface area (Å²) in [5.41, 5.74) is 0. The lowest BCUT2D eigenvalue weighted by Gasteiger charge is -2.35.